The first-order chi connectivity index (χ1) is 10.8. The second kappa shape index (κ2) is 5.91. The maximum atomic E-state index is 12.6. The average Bonchev–Trinajstić information content (AvgIpc) is 2.92. The zero-order valence-corrected chi connectivity index (χ0v) is 14.4. The van der Waals surface area contributed by atoms with Crippen LogP contribution in [0, 0.1) is 5.92 Å². The summed E-state index contributed by atoms with van der Waals surface area (Å²) >= 11 is 0. The lowest BCUT2D eigenvalue weighted by Gasteiger charge is -2.34. The van der Waals surface area contributed by atoms with Crippen LogP contribution in [0.4, 0.5) is 4.79 Å². The van der Waals surface area contributed by atoms with Crippen LogP contribution in [0.15, 0.2) is 24.3 Å². The van der Waals surface area contributed by atoms with Crippen molar-refractivity contribution in [3.63, 3.8) is 0 Å². The van der Waals surface area contributed by atoms with Gasteiger partial charge in [0.1, 0.15) is 11.4 Å². The van der Waals surface area contributed by atoms with Gasteiger partial charge in [-0.15, -0.1) is 0 Å². The van der Waals surface area contributed by atoms with Crippen molar-refractivity contribution in [3.8, 4) is 5.75 Å². The number of nitrogens with zero attached hydrogens (tertiary/aromatic N) is 1. The molecule has 0 aliphatic carbocycles. The molecule has 124 valence electrons. The number of benzene rings is 1. The van der Waals surface area contributed by atoms with Gasteiger partial charge in [0.05, 0.1) is 12.3 Å². The number of rotatable bonds is 1. The maximum Gasteiger partial charge on any atom is 0.414 e. The summed E-state index contributed by atoms with van der Waals surface area (Å²) in [7, 11) is 0. The number of ether oxygens (including phenoxy) is 2. The lowest BCUT2D eigenvalue weighted by molar-refractivity contribution is 0.0327. The Labute approximate surface area is 138 Å². The molecule has 4 nitrogen and oxygen atoms in total. The highest BCUT2D eigenvalue weighted by atomic mass is 16.6. The van der Waals surface area contributed by atoms with Gasteiger partial charge in [0, 0.05) is 13.0 Å². The van der Waals surface area contributed by atoms with Crippen LogP contribution in [-0.2, 0) is 11.2 Å². The second-order valence-electron chi connectivity index (χ2n) is 7.44. The first-order valence-electron chi connectivity index (χ1n) is 8.30. The molecule has 2 heterocycles. The maximum absolute atomic E-state index is 12.6. The number of hydrogen-bond acceptors (Lipinski definition) is 3. The smallest absolute Gasteiger partial charge is 0.414 e. The van der Waals surface area contributed by atoms with E-state index >= 15 is 0 Å². The van der Waals surface area contributed by atoms with E-state index in [1.807, 2.05) is 32.9 Å². The van der Waals surface area contributed by atoms with Gasteiger partial charge in [-0.1, -0.05) is 13.0 Å². The molecule has 0 saturated heterocycles. The summed E-state index contributed by atoms with van der Waals surface area (Å²) in [6.45, 7) is 9.28. The van der Waals surface area contributed by atoms with Crippen LogP contribution in [0.5, 0.6) is 5.75 Å². The van der Waals surface area contributed by atoms with Crippen molar-refractivity contribution in [1.29, 1.82) is 0 Å². The van der Waals surface area contributed by atoms with Gasteiger partial charge in [-0.25, -0.2) is 4.79 Å². The van der Waals surface area contributed by atoms with Gasteiger partial charge >= 0.3 is 6.09 Å². The van der Waals surface area contributed by atoms with Crippen molar-refractivity contribution in [2.45, 2.75) is 46.1 Å². The number of amides is 1. The lowest BCUT2D eigenvalue weighted by atomic mass is 9.97. The molecule has 23 heavy (non-hydrogen) atoms. The van der Waals surface area contributed by atoms with E-state index < -0.39 is 5.60 Å². The number of carbonyl (C=O) groups excluding carboxylic acids is 1. The fraction of sp³-hybridized carbons (Fsp3) is 0.526. The molecule has 1 unspecified atom stereocenters. The van der Waals surface area contributed by atoms with E-state index in [1.165, 1.54) is 5.56 Å². The Morgan fingerprint density at radius 3 is 2.87 bits per heavy atom. The van der Waals surface area contributed by atoms with Crippen molar-refractivity contribution >= 4 is 11.8 Å². The van der Waals surface area contributed by atoms with Gasteiger partial charge in [0.25, 0.3) is 0 Å². The molecule has 1 amide bonds. The summed E-state index contributed by atoms with van der Waals surface area (Å²) in [5, 5.41) is 0. The molecule has 0 fully saturated rings. The van der Waals surface area contributed by atoms with E-state index in [9.17, 15) is 4.79 Å². The molecule has 4 heteroatoms. The summed E-state index contributed by atoms with van der Waals surface area (Å²) in [4.78, 5) is 14.4. The molecule has 0 saturated carbocycles. The van der Waals surface area contributed by atoms with Crippen LogP contribution in [-0.4, -0.2) is 29.7 Å². The van der Waals surface area contributed by atoms with Crippen molar-refractivity contribution in [2.24, 2.45) is 5.92 Å². The first-order valence-corrected chi connectivity index (χ1v) is 8.30. The Kier molecular flexibility index (Phi) is 4.09. The van der Waals surface area contributed by atoms with Gasteiger partial charge in [-0.3, -0.25) is 4.90 Å². The van der Waals surface area contributed by atoms with Gasteiger partial charge in [0.15, 0.2) is 0 Å². The predicted molar refractivity (Wildman–Crippen MR) is 90.3 cm³/mol. The quantitative estimate of drug-likeness (QED) is 0.778. The fourth-order valence-corrected chi connectivity index (χ4v) is 3.02. The predicted octanol–water partition coefficient (Wildman–Crippen LogP) is 4.24. The molecule has 0 aromatic heterocycles. The Morgan fingerprint density at radius 1 is 1.35 bits per heavy atom. The van der Waals surface area contributed by atoms with Crippen LogP contribution < -0.4 is 4.74 Å². The highest BCUT2D eigenvalue weighted by molar-refractivity contribution is 5.83. The highest BCUT2D eigenvalue weighted by Crippen LogP contribution is 2.33. The number of fused-ring (bicyclic) bond motifs is 1. The Morgan fingerprint density at radius 2 is 2.13 bits per heavy atom. The Bertz CT molecular complexity index is 643. The summed E-state index contributed by atoms with van der Waals surface area (Å²) in [6, 6.07) is 6.18. The van der Waals surface area contributed by atoms with Crippen molar-refractivity contribution in [3.05, 3.63) is 35.4 Å². The van der Waals surface area contributed by atoms with E-state index in [0.717, 1.165) is 36.5 Å². The number of allylic oxidation sites excluding steroid dienone is 1. The number of hydrogen-bond donors (Lipinski definition) is 0. The van der Waals surface area contributed by atoms with Crippen LogP contribution >= 0.6 is 0 Å². The third-order valence-corrected chi connectivity index (χ3v) is 4.10. The second-order valence-corrected chi connectivity index (χ2v) is 7.44. The standard InChI is InChI=1S/C19H25NO3/c1-13-5-7-16(20(12-13)18(21)23-19(2,3)4)14-6-8-17-15(11-14)9-10-22-17/h6-8,11,13H,5,9-10,12H2,1-4H3. The summed E-state index contributed by atoms with van der Waals surface area (Å²) in [5.74, 6) is 1.39. The van der Waals surface area contributed by atoms with Crippen molar-refractivity contribution < 1.29 is 14.3 Å². The molecule has 0 bridgehead atoms. The molecule has 1 aromatic rings. The molecule has 3 rings (SSSR count). The van der Waals surface area contributed by atoms with Crippen LogP contribution in [0.3, 0.4) is 0 Å². The van der Waals surface area contributed by atoms with Crippen molar-refractivity contribution in [1.82, 2.24) is 4.90 Å². The zero-order chi connectivity index (χ0) is 16.6. The minimum atomic E-state index is -0.491. The topological polar surface area (TPSA) is 38.8 Å². The minimum absolute atomic E-state index is 0.271. The molecule has 2 aliphatic heterocycles. The fourth-order valence-electron chi connectivity index (χ4n) is 3.02. The third kappa shape index (κ3) is 3.52. The van der Waals surface area contributed by atoms with E-state index in [0.29, 0.717) is 12.5 Å². The molecular weight excluding hydrogens is 290 g/mol. The summed E-state index contributed by atoms with van der Waals surface area (Å²) in [5.41, 5.74) is 2.74. The van der Waals surface area contributed by atoms with Crippen LogP contribution in [0.1, 0.15) is 45.2 Å². The molecule has 1 atom stereocenters. The van der Waals surface area contributed by atoms with Gasteiger partial charge in [-0.05, 0) is 62.4 Å². The molecule has 0 spiro atoms. The molecular formula is C19H25NO3. The summed E-state index contributed by atoms with van der Waals surface area (Å²) < 4.78 is 11.2. The third-order valence-electron chi connectivity index (χ3n) is 4.10. The lowest BCUT2D eigenvalue weighted by Crippen LogP contribution is -2.39. The monoisotopic (exact) mass is 315 g/mol. The SMILES string of the molecule is CC1CC=C(c2ccc3c(c2)CCO3)N(C(=O)OC(C)(C)C)C1. The normalized spacial score (nSPS) is 20.6. The largest absolute Gasteiger partial charge is 0.493 e. The van der Waals surface area contributed by atoms with Crippen LogP contribution in [0.2, 0.25) is 0 Å². The molecule has 0 N–H and O–H groups in total. The van der Waals surface area contributed by atoms with Gasteiger partial charge in [-0.2, -0.15) is 0 Å². The van der Waals surface area contributed by atoms with E-state index in [4.69, 9.17) is 9.47 Å². The molecule has 0 radical (unpaired) electrons. The van der Waals surface area contributed by atoms with E-state index in [2.05, 4.69) is 19.1 Å². The number of carbonyl (C=O) groups is 1. The van der Waals surface area contributed by atoms with E-state index in [-0.39, 0.29) is 6.09 Å². The van der Waals surface area contributed by atoms with Gasteiger partial charge in [0.2, 0.25) is 0 Å². The molecule has 2 aliphatic rings. The van der Waals surface area contributed by atoms with E-state index in [1.54, 1.807) is 4.90 Å². The molecule has 1 aromatic carbocycles. The summed E-state index contributed by atoms with van der Waals surface area (Å²) in [6.07, 6.45) is 3.78. The van der Waals surface area contributed by atoms with Gasteiger partial charge < -0.3 is 9.47 Å². The average molecular weight is 315 g/mol. The van der Waals surface area contributed by atoms with Crippen LogP contribution in [0.25, 0.3) is 5.70 Å². The zero-order valence-electron chi connectivity index (χ0n) is 14.4. The minimum Gasteiger partial charge on any atom is -0.493 e. The first kappa shape index (κ1) is 15.9. The Balaban J connectivity index is 1.90. The highest BCUT2D eigenvalue weighted by Gasteiger charge is 2.29. The Hall–Kier alpha value is -1.97. The van der Waals surface area contributed by atoms with Crippen molar-refractivity contribution in [2.75, 3.05) is 13.2 Å².